The maximum atomic E-state index is 6.16. The van der Waals surface area contributed by atoms with Crippen molar-refractivity contribution < 1.29 is 4.74 Å². The van der Waals surface area contributed by atoms with Gasteiger partial charge in [-0.1, -0.05) is 36.8 Å². The summed E-state index contributed by atoms with van der Waals surface area (Å²) < 4.78 is 6.42. The van der Waals surface area contributed by atoms with Crippen molar-refractivity contribution in [2.24, 2.45) is 0 Å². The molecule has 0 saturated heterocycles. The number of rotatable bonds is 2. The molecule has 16 heavy (non-hydrogen) atoms. The molecule has 1 aromatic carbocycles. The van der Waals surface area contributed by atoms with Crippen molar-refractivity contribution >= 4 is 38.3 Å². The Morgan fingerprint density at radius 1 is 1.50 bits per heavy atom. The number of fused-ring (bicyclic) bond motifs is 1. The summed E-state index contributed by atoms with van der Waals surface area (Å²) in [6.45, 7) is 4.20. The number of methoxy groups -OCH3 is 1. The van der Waals surface area contributed by atoms with Gasteiger partial charge in [-0.05, 0) is 12.0 Å². The molecule has 0 bridgehead atoms. The second kappa shape index (κ2) is 4.11. The molecule has 0 saturated carbocycles. The first-order valence-electron chi connectivity index (χ1n) is 4.97. The SMILES string of the molecule is COc1c(Cl)cc2nc(N)sc2c1C(C)C. The highest BCUT2D eigenvalue weighted by Gasteiger charge is 2.18. The van der Waals surface area contributed by atoms with Crippen molar-refractivity contribution in [3.8, 4) is 5.75 Å². The normalized spacial score (nSPS) is 11.3. The van der Waals surface area contributed by atoms with Gasteiger partial charge in [0, 0.05) is 5.56 Å². The Bertz CT molecular complexity index is 536. The smallest absolute Gasteiger partial charge is 0.181 e. The Hall–Kier alpha value is -1.00. The van der Waals surface area contributed by atoms with Crippen molar-refractivity contribution in [3.63, 3.8) is 0 Å². The van der Waals surface area contributed by atoms with Crippen molar-refractivity contribution in [1.29, 1.82) is 0 Å². The molecule has 0 spiro atoms. The van der Waals surface area contributed by atoms with Crippen molar-refractivity contribution in [2.75, 3.05) is 12.8 Å². The number of halogens is 1. The van der Waals surface area contributed by atoms with Crippen LogP contribution in [0.25, 0.3) is 10.2 Å². The van der Waals surface area contributed by atoms with Gasteiger partial charge in [0.05, 0.1) is 22.3 Å². The van der Waals surface area contributed by atoms with Crippen LogP contribution >= 0.6 is 22.9 Å². The average molecular weight is 257 g/mol. The van der Waals surface area contributed by atoms with E-state index in [4.69, 9.17) is 22.1 Å². The number of hydrogen-bond donors (Lipinski definition) is 1. The fourth-order valence-corrected chi connectivity index (χ4v) is 3.07. The molecule has 0 radical (unpaired) electrons. The van der Waals surface area contributed by atoms with Crippen LogP contribution in [0.15, 0.2) is 6.07 Å². The van der Waals surface area contributed by atoms with E-state index in [1.807, 2.05) is 0 Å². The molecular weight excluding hydrogens is 244 g/mol. The highest BCUT2D eigenvalue weighted by Crippen LogP contribution is 2.42. The number of anilines is 1. The quantitative estimate of drug-likeness (QED) is 0.892. The first kappa shape index (κ1) is 11.5. The van der Waals surface area contributed by atoms with Crippen LogP contribution in [0.4, 0.5) is 5.13 Å². The largest absolute Gasteiger partial charge is 0.495 e. The van der Waals surface area contributed by atoms with E-state index in [9.17, 15) is 0 Å². The molecule has 2 N–H and O–H groups in total. The zero-order valence-electron chi connectivity index (χ0n) is 9.37. The maximum absolute atomic E-state index is 6.16. The fraction of sp³-hybridized carbons (Fsp3) is 0.364. The number of nitrogen functional groups attached to an aromatic ring is 1. The van der Waals surface area contributed by atoms with Crippen molar-refractivity contribution in [2.45, 2.75) is 19.8 Å². The lowest BCUT2D eigenvalue weighted by Gasteiger charge is -2.13. The van der Waals surface area contributed by atoms with Gasteiger partial charge in [-0.15, -0.1) is 0 Å². The molecule has 1 aromatic heterocycles. The first-order chi connectivity index (χ1) is 7.54. The van der Waals surface area contributed by atoms with Crippen molar-refractivity contribution in [3.05, 3.63) is 16.7 Å². The summed E-state index contributed by atoms with van der Waals surface area (Å²) in [5.41, 5.74) is 7.65. The number of aromatic nitrogens is 1. The zero-order valence-corrected chi connectivity index (χ0v) is 10.9. The van der Waals surface area contributed by atoms with E-state index in [0.717, 1.165) is 21.5 Å². The van der Waals surface area contributed by atoms with Gasteiger partial charge in [0.15, 0.2) is 5.13 Å². The number of benzene rings is 1. The Balaban J connectivity index is 2.86. The molecule has 2 rings (SSSR count). The third-order valence-electron chi connectivity index (χ3n) is 2.42. The van der Waals surface area contributed by atoms with Crippen LogP contribution < -0.4 is 10.5 Å². The van der Waals surface area contributed by atoms with E-state index in [1.165, 1.54) is 11.3 Å². The molecule has 3 nitrogen and oxygen atoms in total. The van der Waals surface area contributed by atoms with Crippen LogP contribution in [0.3, 0.4) is 0 Å². The summed E-state index contributed by atoms with van der Waals surface area (Å²) in [5.74, 6) is 1.05. The van der Waals surface area contributed by atoms with Gasteiger partial charge in [0.1, 0.15) is 5.75 Å². The highest BCUT2D eigenvalue weighted by atomic mass is 35.5. The molecule has 0 atom stereocenters. The van der Waals surface area contributed by atoms with Gasteiger partial charge in [0.2, 0.25) is 0 Å². The van der Waals surface area contributed by atoms with Gasteiger partial charge in [-0.25, -0.2) is 4.98 Å². The van der Waals surface area contributed by atoms with E-state index in [0.29, 0.717) is 16.1 Å². The molecule has 0 aliphatic heterocycles. The molecule has 2 aromatic rings. The van der Waals surface area contributed by atoms with Crippen LogP contribution in [0.1, 0.15) is 25.3 Å². The molecule has 0 fully saturated rings. The Kier molecular flexibility index (Phi) is 2.95. The number of ether oxygens (including phenoxy) is 1. The minimum absolute atomic E-state index is 0.316. The lowest BCUT2D eigenvalue weighted by molar-refractivity contribution is 0.409. The number of nitrogens with two attached hydrogens (primary N) is 1. The average Bonchev–Trinajstić information content (AvgIpc) is 2.55. The number of hydrogen-bond acceptors (Lipinski definition) is 4. The predicted octanol–water partition coefficient (Wildman–Crippen LogP) is 3.66. The maximum Gasteiger partial charge on any atom is 0.181 e. The topological polar surface area (TPSA) is 48.1 Å². The number of thiazole rings is 1. The van der Waals surface area contributed by atoms with Gasteiger partial charge >= 0.3 is 0 Å². The lowest BCUT2D eigenvalue weighted by atomic mass is 10.0. The monoisotopic (exact) mass is 256 g/mol. The molecule has 86 valence electrons. The summed E-state index contributed by atoms with van der Waals surface area (Å²) in [4.78, 5) is 4.25. The molecule has 0 aliphatic carbocycles. The summed E-state index contributed by atoms with van der Waals surface area (Å²) in [5, 5.41) is 1.14. The van der Waals surface area contributed by atoms with E-state index < -0.39 is 0 Å². The molecule has 0 amide bonds. The third-order valence-corrected chi connectivity index (χ3v) is 3.64. The minimum Gasteiger partial charge on any atom is -0.495 e. The van der Waals surface area contributed by atoms with Crippen LogP contribution in [-0.4, -0.2) is 12.1 Å². The molecule has 0 aliphatic rings. The predicted molar refractivity (Wildman–Crippen MR) is 69.7 cm³/mol. The van der Waals surface area contributed by atoms with E-state index in [2.05, 4.69) is 18.8 Å². The van der Waals surface area contributed by atoms with Gasteiger partial charge in [0.25, 0.3) is 0 Å². The van der Waals surface area contributed by atoms with Gasteiger partial charge in [-0.3, -0.25) is 0 Å². The van der Waals surface area contributed by atoms with Crippen LogP contribution in [0, 0.1) is 0 Å². The standard InChI is InChI=1S/C11H13ClN2OS/c1-5(2)8-9(15-3)6(12)4-7-10(8)16-11(13)14-7/h4-5H,1-3H3,(H2,13,14). The summed E-state index contributed by atoms with van der Waals surface area (Å²) >= 11 is 7.63. The Morgan fingerprint density at radius 2 is 2.19 bits per heavy atom. The summed E-state index contributed by atoms with van der Waals surface area (Å²) in [6, 6.07) is 1.80. The zero-order chi connectivity index (χ0) is 11.9. The minimum atomic E-state index is 0.316. The second-order valence-corrected chi connectivity index (χ2v) is 5.30. The third kappa shape index (κ3) is 1.72. The van der Waals surface area contributed by atoms with Gasteiger partial charge in [-0.2, -0.15) is 0 Å². The van der Waals surface area contributed by atoms with Crippen LogP contribution in [0.2, 0.25) is 5.02 Å². The molecule has 0 unspecified atom stereocenters. The molecule has 1 heterocycles. The Morgan fingerprint density at radius 3 is 2.75 bits per heavy atom. The molecular formula is C11H13ClN2OS. The first-order valence-corrected chi connectivity index (χ1v) is 6.16. The fourth-order valence-electron chi connectivity index (χ4n) is 1.79. The van der Waals surface area contributed by atoms with Crippen LogP contribution in [0.5, 0.6) is 5.75 Å². The Labute approximate surface area is 103 Å². The second-order valence-electron chi connectivity index (χ2n) is 3.86. The summed E-state index contributed by atoms with van der Waals surface area (Å²) in [7, 11) is 1.63. The van der Waals surface area contributed by atoms with Crippen LogP contribution in [-0.2, 0) is 0 Å². The van der Waals surface area contributed by atoms with E-state index in [-0.39, 0.29) is 0 Å². The van der Waals surface area contributed by atoms with E-state index >= 15 is 0 Å². The lowest BCUT2D eigenvalue weighted by Crippen LogP contribution is -1.95. The molecule has 5 heteroatoms. The van der Waals surface area contributed by atoms with Crippen molar-refractivity contribution in [1.82, 2.24) is 4.98 Å². The summed E-state index contributed by atoms with van der Waals surface area (Å²) in [6.07, 6.45) is 0. The highest BCUT2D eigenvalue weighted by molar-refractivity contribution is 7.22. The van der Waals surface area contributed by atoms with E-state index in [1.54, 1.807) is 13.2 Å². The van der Waals surface area contributed by atoms with Gasteiger partial charge < -0.3 is 10.5 Å². The number of nitrogens with zero attached hydrogens (tertiary/aromatic N) is 1.